The van der Waals surface area contributed by atoms with Gasteiger partial charge < -0.3 is 0 Å². The summed E-state index contributed by atoms with van der Waals surface area (Å²) in [5.41, 5.74) is 4.87. The monoisotopic (exact) mass is 422 g/mol. The Morgan fingerprint density at radius 1 is 0.931 bits per heavy atom. The SMILES string of the molecule is O=C(CCS(=O)(=O)c1ccc(F)cc1)NNC(=O)CC12CC3CC(CC(C3)C1)C2. The van der Waals surface area contributed by atoms with Gasteiger partial charge in [-0.2, -0.15) is 0 Å². The number of hydrogen-bond acceptors (Lipinski definition) is 4. The molecule has 0 atom stereocenters. The van der Waals surface area contributed by atoms with Crippen LogP contribution in [0.2, 0.25) is 0 Å². The van der Waals surface area contributed by atoms with Gasteiger partial charge in [-0.1, -0.05) is 0 Å². The maximum absolute atomic E-state index is 12.9. The summed E-state index contributed by atoms with van der Waals surface area (Å²) in [7, 11) is -3.69. The maximum atomic E-state index is 12.9. The predicted molar refractivity (Wildman–Crippen MR) is 105 cm³/mol. The minimum atomic E-state index is -3.69. The van der Waals surface area contributed by atoms with Crippen LogP contribution in [0.1, 0.15) is 51.4 Å². The molecule has 29 heavy (non-hydrogen) atoms. The summed E-state index contributed by atoms with van der Waals surface area (Å²) in [4.78, 5) is 24.4. The topological polar surface area (TPSA) is 92.3 Å². The number of halogens is 1. The third-order valence-electron chi connectivity index (χ3n) is 6.81. The largest absolute Gasteiger partial charge is 0.273 e. The maximum Gasteiger partial charge on any atom is 0.239 e. The van der Waals surface area contributed by atoms with Crippen LogP contribution in [0.3, 0.4) is 0 Å². The van der Waals surface area contributed by atoms with Crippen molar-refractivity contribution in [3.63, 3.8) is 0 Å². The van der Waals surface area contributed by atoms with E-state index in [1.165, 1.54) is 31.4 Å². The molecule has 1 aromatic rings. The van der Waals surface area contributed by atoms with Crippen molar-refractivity contribution in [3.05, 3.63) is 30.1 Å². The van der Waals surface area contributed by atoms with Gasteiger partial charge in [-0.05, 0) is 86.0 Å². The highest BCUT2D eigenvalue weighted by Gasteiger charge is 2.51. The Labute approximate surface area is 170 Å². The lowest BCUT2D eigenvalue weighted by Gasteiger charge is -2.56. The molecular weight excluding hydrogens is 395 g/mol. The van der Waals surface area contributed by atoms with Gasteiger partial charge in [-0.3, -0.25) is 20.4 Å². The minimum Gasteiger partial charge on any atom is -0.273 e. The van der Waals surface area contributed by atoms with Crippen LogP contribution in [0, 0.1) is 29.0 Å². The normalized spacial score (nSPS) is 30.2. The third-order valence-corrected chi connectivity index (χ3v) is 8.54. The molecule has 0 unspecified atom stereocenters. The second kappa shape index (κ2) is 7.70. The smallest absolute Gasteiger partial charge is 0.239 e. The average Bonchev–Trinajstić information content (AvgIpc) is 2.63. The average molecular weight is 423 g/mol. The number of nitrogens with one attached hydrogen (secondary N) is 2. The lowest BCUT2D eigenvalue weighted by Crippen LogP contribution is -2.50. The van der Waals surface area contributed by atoms with Gasteiger partial charge in [0.15, 0.2) is 9.84 Å². The molecule has 0 spiro atoms. The van der Waals surface area contributed by atoms with Gasteiger partial charge in [-0.25, -0.2) is 12.8 Å². The molecule has 0 heterocycles. The number of carbonyl (C=O) groups excluding carboxylic acids is 2. The van der Waals surface area contributed by atoms with Gasteiger partial charge in [-0.15, -0.1) is 0 Å². The molecule has 158 valence electrons. The van der Waals surface area contributed by atoms with Gasteiger partial charge in [0.25, 0.3) is 0 Å². The molecule has 5 rings (SSSR count). The molecule has 4 bridgehead atoms. The fourth-order valence-corrected chi connectivity index (χ4v) is 7.32. The van der Waals surface area contributed by atoms with Crippen molar-refractivity contribution >= 4 is 21.7 Å². The molecule has 4 saturated carbocycles. The predicted octanol–water partition coefficient (Wildman–Crippen LogP) is 2.74. The number of sulfone groups is 1. The van der Waals surface area contributed by atoms with E-state index in [2.05, 4.69) is 10.9 Å². The summed E-state index contributed by atoms with van der Waals surface area (Å²) < 4.78 is 37.4. The quantitative estimate of drug-likeness (QED) is 0.545. The summed E-state index contributed by atoms with van der Waals surface area (Å²) in [5.74, 6) is 0.551. The van der Waals surface area contributed by atoms with E-state index in [0.717, 1.165) is 49.1 Å². The fraction of sp³-hybridized carbons (Fsp3) is 0.619. The molecule has 2 N–H and O–H groups in total. The summed E-state index contributed by atoms with van der Waals surface area (Å²) >= 11 is 0. The van der Waals surface area contributed by atoms with Crippen molar-refractivity contribution in [2.75, 3.05) is 5.75 Å². The molecule has 0 radical (unpaired) electrons. The molecule has 8 heteroatoms. The van der Waals surface area contributed by atoms with Crippen molar-refractivity contribution in [1.29, 1.82) is 0 Å². The van der Waals surface area contributed by atoms with Crippen LogP contribution in [-0.2, 0) is 19.4 Å². The van der Waals surface area contributed by atoms with Crippen molar-refractivity contribution in [3.8, 4) is 0 Å². The van der Waals surface area contributed by atoms with Crippen molar-refractivity contribution in [2.45, 2.75) is 56.3 Å². The third kappa shape index (κ3) is 4.63. The van der Waals surface area contributed by atoms with E-state index < -0.39 is 27.3 Å². The Bertz CT molecular complexity index is 862. The molecule has 0 aliphatic heterocycles. The summed E-state index contributed by atoms with van der Waals surface area (Å²) in [6, 6.07) is 4.49. The van der Waals surface area contributed by atoms with Gasteiger partial charge in [0.05, 0.1) is 10.6 Å². The molecule has 6 nitrogen and oxygen atoms in total. The lowest BCUT2D eigenvalue weighted by atomic mass is 9.49. The molecule has 2 amide bonds. The van der Waals surface area contributed by atoms with Gasteiger partial charge in [0.2, 0.25) is 11.8 Å². The second-order valence-electron chi connectivity index (χ2n) is 9.21. The van der Waals surface area contributed by atoms with E-state index in [1.807, 2.05) is 0 Å². The number of hydrogen-bond donors (Lipinski definition) is 2. The highest BCUT2D eigenvalue weighted by Crippen LogP contribution is 2.61. The molecular formula is C21H27FN2O4S. The van der Waals surface area contributed by atoms with Crippen molar-refractivity contribution in [2.24, 2.45) is 23.2 Å². The first-order valence-electron chi connectivity index (χ1n) is 10.3. The van der Waals surface area contributed by atoms with Crippen LogP contribution < -0.4 is 10.9 Å². The van der Waals surface area contributed by atoms with E-state index in [0.29, 0.717) is 6.42 Å². The highest BCUT2D eigenvalue weighted by atomic mass is 32.2. The van der Waals surface area contributed by atoms with Crippen LogP contribution in [0.15, 0.2) is 29.2 Å². The highest BCUT2D eigenvalue weighted by molar-refractivity contribution is 7.91. The molecule has 0 saturated heterocycles. The van der Waals surface area contributed by atoms with Crippen LogP contribution >= 0.6 is 0 Å². The Morgan fingerprint density at radius 3 is 2.00 bits per heavy atom. The van der Waals surface area contributed by atoms with Crippen LogP contribution in [-0.4, -0.2) is 26.0 Å². The molecule has 4 fully saturated rings. The first kappa shape index (κ1) is 20.3. The minimum absolute atomic E-state index is 0.0300. The Kier molecular flexibility index (Phi) is 5.40. The Balaban J connectivity index is 1.23. The molecule has 4 aliphatic rings. The van der Waals surface area contributed by atoms with E-state index >= 15 is 0 Å². The van der Waals surface area contributed by atoms with Crippen molar-refractivity contribution < 1.29 is 22.4 Å². The zero-order valence-corrected chi connectivity index (χ0v) is 17.1. The van der Waals surface area contributed by atoms with E-state index in [9.17, 15) is 22.4 Å². The Morgan fingerprint density at radius 2 is 1.45 bits per heavy atom. The van der Waals surface area contributed by atoms with E-state index in [1.54, 1.807) is 0 Å². The number of carbonyl (C=O) groups is 2. The number of rotatable bonds is 6. The number of hydrazine groups is 1. The van der Waals surface area contributed by atoms with Gasteiger partial charge in [0.1, 0.15) is 5.82 Å². The van der Waals surface area contributed by atoms with Gasteiger partial charge >= 0.3 is 0 Å². The van der Waals surface area contributed by atoms with Crippen LogP contribution in [0.4, 0.5) is 4.39 Å². The summed E-state index contributed by atoms with van der Waals surface area (Å²) in [6.45, 7) is 0. The summed E-state index contributed by atoms with van der Waals surface area (Å²) in [6.07, 6.45) is 7.38. The number of benzene rings is 1. The Hall–Kier alpha value is -1.96. The standard InChI is InChI=1S/C21H27FN2O4S/c22-17-1-3-18(4-2-17)29(27,28)6-5-19(25)23-24-20(26)13-21-10-14-7-15(11-21)9-16(8-14)12-21/h1-4,14-16H,5-13H2,(H,23,25)(H,24,26). The number of amides is 2. The molecule has 4 aliphatic carbocycles. The zero-order chi connectivity index (χ0) is 20.6. The van der Waals surface area contributed by atoms with E-state index in [4.69, 9.17) is 0 Å². The van der Waals surface area contributed by atoms with E-state index in [-0.39, 0.29) is 22.6 Å². The molecule has 1 aromatic carbocycles. The van der Waals surface area contributed by atoms with Crippen molar-refractivity contribution in [1.82, 2.24) is 10.9 Å². The second-order valence-corrected chi connectivity index (χ2v) is 11.3. The first-order chi connectivity index (χ1) is 13.7. The lowest BCUT2D eigenvalue weighted by molar-refractivity contribution is -0.134. The van der Waals surface area contributed by atoms with Crippen LogP contribution in [0.25, 0.3) is 0 Å². The summed E-state index contributed by atoms with van der Waals surface area (Å²) in [5, 5.41) is 0. The fourth-order valence-electron chi connectivity index (χ4n) is 6.08. The first-order valence-corrected chi connectivity index (χ1v) is 11.9. The van der Waals surface area contributed by atoms with Gasteiger partial charge in [0, 0.05) is 12.8 Å². The zero-order valence-electron chi connectivity index (χ0n) is 16.3. The van der Waals surface area contributed by atoms with Crippen LogP contribution in [0.5, 0.6) is 0 Å². The molecule has 0 aromatic heterocycles.